The molecule has 2 aromatic rings. The quantitative estimate of drug-likeness (QED) is 0.942. The Morgan fingerprint density at radius 2 is 1.76 bits per heavy atom. The molecule has 0 aliphatic heterocycles. The molecule has 0 aromatic heterocycles. The van der Waals surface area contributed by atoms with Crippen LogP contribution in [0.3, 0.4) is 0 Å². The first-order valence-electron chi connectivity index (χ1n) is 6.80. The highest BCUT2D eigenvalue weighted by Gasteiger charge is 2.57. The maximum Gasteiger partial charge on any atom is 0.182 e. The first kappa shape index (κ1) is 14.6. The van der Waals surface area contributed by atoms with Gasteiger partial charge in [0, 0.05) is 10.9 Å². The third kappa shape index (κ3) is 2.59. The molecule has 0 bridgehead atoms. The number of hydrogen-bond donors (Lipinski definition) is 1. The summed E-state index contributed by atoms with van der Waals surface area (Å²) in [6.07, 6.45) is 0. The van der Waals surface area contributed by atoms with Gasteiger partial charge in [-0.25, -0.2) is 8.42 Å². The Morgan fingerprint density at radius 1 is 1.05 bits per heavy atom. The second-order valence-electron chi connectivity index (χ2n) is 5.30. The van der Waals surface area contributed by atoms with Crippen LogP contribution in [0, 0.1) is 5.92 Å². The van der Waals surface area contributed by atoms with Gasteiger partial charge in [-0.05, 0) is 42.3 Å². The molecular formula is C16H16ClNO2S. The van der Waals surface area contributed by atoms with Crippen molar-refractivity contribution in [2.75, 3.05) is 6.54 Å². The maximum absolute atomic E-state index is 12.7. The molecule has 1 aliphatic carbocycles. The Kier molecular flexibility index (Phi) is 3.78. The van der Waals surface area contributed by atoms with E-state index >= 15 is 0 Å². The van der Waals surface area contributed by atoms with E-state index < -0.39 is 15.1 Å². The fourth-order valence-electron chi connectivity index (χ4n) is 2.96. The van der Waals surface area contributed by atoms with E-state index in [0.717, 1.165) is 5.56 Å². The molecule has 110 valence electrons. The highest BCUT2D eigenvalue weighted by molar-refractivity contribution is 7.92. The summed E-state index contributed by atoms with van der Waals surface area (Å²) < 4.78 is 25.5. The van der Waals surface area contributed by atoms with Crippen molar-refractivity contribution in [2.45, 2.75) is 16.1 Å². The van der Waals surface area contributed by atoms with Gasteiger partial charge in [0.15, 0.2) is 9.84 Å². The maximum atomic E-state index is 12.7. The summed E-state index contributed by atoms with van der Waals surface area (Å²) in [6.45, 7) is 0.355. The van der Waals surface area contributed by atoms with Gasteiger partial charge in [0.25, 0.3) is 0 Å². The van der Waals surface area contributed by atoms with Crippen LogP contribution in [0.5, 0.6) is 0 Å². The minimum Gasteiger partial charge on any atom is -0.330 e. The van der Waals surface area contributed by atoms with Crippen LogP contribution in [0.2, 0.25) is 5.02 Å². The zero-order valence-corrected chi connectivity index (χ0v) is 12.9. The third-order valence-electron chi connectivity index (χ3n) is 4.03. The standard InChI is InChI=1S/C16H16ClNO2S/c17-12-6-4-5-11(9-12)15-14(10-18)16(15)21(19,20)13-7-2-1-3-8-13/h1-9,14-16H,10,18H2/t14-,15+,16+/m1/s1. The van der Waals surface area contributed by atoms with Crippen LogP contribution in [0.4, 0.5) is 0 Å². The molecule has 5 heteroatoms. The highest BCUT2D eigenvalue weighted by Crippen LogP contribution is 2.53. The summed E-state index contributed by atoms with van der Waals surface area (Å²) in [5.41, 5.74) is 6.71. The van der Waals surface area contributed by atoms with Crippen molar-refractivity contribution in [3.05, 3.63) is 65.2 Å². The van der Waals surface area contributed by atoms with Gasteiger partial charge < -0.3 is 5.73 Å². The number of benzene rings is 2. The summed E-state index contributed by atoms with van der Waals surface area (Å²) in [5, 5.41) is 0.161. The zero-order chi connectivity index (χ0) is 15.0. The van der Waals surface area contributed by atoms with E-state index in [4.69, 9.17) is 17.3 Å². The van der Waals surface area contributed by atoms with E-state index in [0.29, 0.717) is 16.5 Å². The van der Waals surface area contributed by atoms with E-state index in [1.54, 1.807) is 36.4 Å². The normalized spacial score (nSPS) is 24.8. The van der Waals surface area contributed by atoms with Crippen LogP contribution in [0.15, 0.2) is 59.5 Å². The Morgan fingerprint density at radius 3 is 2.38 bits per heavy atom. The Bertz CT molecular complexity index is 746. The Hall–Kier alpha value is -1.36. The number of hydrogen-bond acceptors (Lipinski definition) is 3. The molecule has 3 nitrogen and oxygen atoms in total. The fraction of sp³-hybridized carbons (Fsp3) is 0.250. The average molecular weight is 322 g/mol. The molecule has 1 aliphatic rings. The Balaban J connectivity index is 1.96. The van der Waals surface area contributed by atoms with Crippen LogP contribution in [0.1, 0.15) is 11.5 Å². The van der Waals surface area contributed by atoms with Crippen molar-refractivity contribution in [3.63, 3.8) is 0 Å². The molecule has 0 amide bonds. The monoisotopic (exact) mass is 321 g/mol. The SMILES string of the molecule is NC[C@@H]1[C@H](c2cccc(Cl)c2)[C@H]1S(=O)(=O)c1ccccc1. The molecule has 21 heavy (non-hydrogen) atoms. The van der Waals surface area contributed by atoms with Crippen molar-refractivity contribution < 1.29 is 8.42 Å². The van der Waals surface area contributed by atoms with Crippen LogP contribution in [-0.2, 0) is 9.84 Å². The van der Waals surface area contributed by atoms with Gasteiger partial charge in [0.05, 0.1) is 10.1 Å². The summed E-state index contributed by atoms with van der Waals surface area (Å²) in [4.78, 5) is 0.359. The lowest BCUT2D eigenvalue weighted by Crippen LogP contribution is -2.13. The zero-order valence-electron chi connectivity index (χ0n) is 11.3. The topological polar surface area (TPSA) is 60.2 Å². The number of nitrogens with two attached hydrogens (primary N) is 1. The predicted molar refractivity (Wildman–Crippen MR) is 84.2 cm³/mol. The summed E-state index contributed by atoms with van der Waals surface area (Å²) in [6, 6.07) is 15.9. The molecular weight excluding hydrogens is 306 g/mol. The lowest BCUT2D eigenvalue weighted by Gasteiger charge is -2.04. The molecule has 2 N–H and O–H groups in total. The van der Waals surface area contributed by atoms with Crippen molar-refractivity contribution in [3.8, 4) is 0 Å². The number of sulfone groups is 1. The molecule has 3 rings (SSSR count). The van der Waals surface area contributed by atoms with Gasteiger partial charge in [0.1, 0.15) is 0 Å². The van der Waals surface area contributed by atoms with Gasteiger partial charge in [-0.15, -0.1) is 0 Å². The van der Waals surface area contributed by atoms with Crippen molar-refractivity contribution in [2.24, 2.45) is 11.7 Å². The molecule has 0 heterocycles. The van der Waals surface area contributed by atoms with Crippen LogP contribution in [0.25, 0.3) is 0 Å². The van der Waals surface area contributed by atoms with Crippen molar-refractivity contribution >= 4 is 21.4 Å². The molecule has 3 atom stereocenters. The van der Waals surface area contributed by atoms with E-state index in [9.17, 15) is 8.42 Å². The summed E-state index contributed by atoms with van der Waals surface area (Å²) in [5.74, 6) is -0.118. The van der Waals surface area contributed by atoms with Gasteiger partial charge in [-0.1, -0.05) is 41.9 Å². The summed E-state index contributed by atoms with van der Waals surface area (Å²) >= 11 is 6.01. The van der Waals surface area contributed by atoms with E-state index in [2.05, 4.69) is 0 Å². The van der Waals surface area contributed by atoms with Crippen LogP contribution < -0.4 is 5.73 Å². The number of halogens is 1. The first-order valence-corrected chi connectivity index (χ1v) is 8.72. The molecule has 0 radical (unpaired) electrons. The molecule has 0 unspecified atom stereocenters. The van der Waals surface area contributed by atoms with E-state index in [1.165, 1.54) is 0 Å². The lowest BCUT2D eigenvalue weighted by atomic mass is 10.1. The summed E-state index contributed by atoms with van der Waals surface area (Å²) in [7, 11) is -3.36. The fourth-order valence-corrected chi connectivity index (χ4v) is 5.41. The smallest absolute Gasteiger partial charge is 0.182 e. The minimum atomic E-state index is -3.36. The number of rotatable bonds is 4. The lowest BCUT2D eigenvalue weighted by molar-refractivity contribution is 0.591. The minimum absolute atomic E-state index is 0.0475. The third-order valence-corrected chi connectivity index (χ3v) is 6.56. The average Bonchev–Trinajstić information content (AvgIpc) is 3.23. The van der Waals surface area contributed by atoms with E-state index in [-0.39, 0.29) is 11.8 Å². The second kappa shape index (κ2) is 5.44. The van der Waals surface area contributed by atoms with E-state index in [1.807, 2.05) is 18.2 Å². The van der Waals surface area contributed by atoms with Crippen molar-refractivity contribution in [1.82, 2.24) is 0 Å². The van der Waals surface area contributed by atoms with Crippen LogP contribution in [-0.4, -0.2) is 20.2 Å². The Labute approximate surface area is 129 Å². The highest BCUT2D eigenvalue weighted by atomic mass is 35.5. The van der Waals surface area contributed by atoms with Gasteiger partial charge in [-0.2, -0.15) is 0 Å². The first-order chi connectivity index (χ1) is 10.1. The largest absolute Gasteiger partial charge is 0.330 e. The second-order valence-corrected chi connectivity index (χ2v) is 7.85. The van der Waals surface area contributed by atoms with Gasteiger partial charge in [0.2, 0.25) is 0 Å². The molecule has 1 saturated carbocycles. The van der Waals surface area contributed by atoms with Crippen molar-refractivity contribution in [1.29, 1.82) is 0 Å². The molecule has 2 aromatic carbocycles. The van der Waals surface area contributed by atoms with Gasteiger partial charge >= 0.3 is 0 Å². The molecule has 0 saturated heterocycles. The molecule has 0 spiro atoms. The molecule has 1 fully saturated rings. The predicted octanol–water partition coefficient (Wildman–Crippen LogP) is 2.85. The van der Waals surface area contributed by atoms with Crippen LogP contribution >= 0.6 is 11.6 Å². The van der Waals surface area contributed by atoms with Gasteiger partial charge in [-0.3, -0.25) is 0 Å².